The van der Waals surface area contributed by atoms with Gasteiger partial charge in [-0.25, -0.2) is 4.79 Å². The minimum absolute atomic E-state index is 0.0318. The highest BCUT2D eigenvalue weighted by molar-refractivity contribution is 7.80. The van der Waals surface area contributed by atoms with E-state index in [4.69, 9.17) is 17.0 Å². The summed E-state index contributed by atoms with van der Waals surface area (Å²) in [6, 6.07) is 16.0. The number of methoxy groups -OCH3 is 1. The number of hydrogen-bond donors (Lipinski definition) is 2. The summed E-state index contributed by atoms with van der Waals surface area (Å²) in [4.78, 5) is 11.7. The van der Waals surface area contributed by atoms with E-state index in [9.17, 15) is 4.79 Å². The van der Waals surface area contributed by atoms with E-state index in [-0.39, 0.29) is 17.4 Å². The molecule has 27 heavy (non-hydrogen) atoms. The molecule has 4 nitrogen and oxygen atoms in total. The minimum atomic E-state index is -0.366. The molecular weight excluding hydrogens is 356 g/mol. The third kappa shape index (κ3) is 5.79. The number of carbonyl (C=O) groups excluding carboxylic acids is 1. The number of rotatable bonds is 6. The first-order valence-electron chi connectivity index (χ1n) is 9.05. The number of aryl methyl sites for hydroxylation is 1. The van der Waals surface area contributed by atoms with Crippen molar-refractivity contribution >= 4 is 29.0 Å². The number of hydrogen-bond acceptors (Lipinski definition) is 3. The monoisotopic (exact) mass is 384 g/mol. The van der Waals surface area contributed by atoms with Crippen LogP contribution in [0, 0.1) is 6.92 Å². The quantitative estimate of drug-likeness (QED) is 0.552. The summed E-state index contributed by atoms with van der Waals surface area (Å²) in [6.45, 7) is 8.56. The second-order valence-electron chi connectivity index (χ2n) is 7.47. The Kier molecular flexibility index (Phi) is 6.97. The van der Waals surface area contributed by atoms with Gasteiger partial charge in [-0.2, -0.15) is 0 Å². The number of benzene rings is 2. The Morgan fingerprint density at radius 1 is 1.19 bits per heavy atom. The Bertz CT molecular complexity index is 803. The molecule has 0 heterocycles. The molecule has 0 amide bonds. The first-order chi connectivity index (χ1) is 12.7. The Labute approximate surface area is 167 Å². The third-order valence-electron chi connectivity index (χ3n) is 4.66. The van der Waals surface area contributed by atoms with Crippen LogP contribution in [-0.4, -0.2) is 24.2 Å². The highest BCUT2D eigenvalue weighted by atomic mass is 32.1. The van der Waals surface area contributed by atoms with Crippen molar-refractivity contribution in [3.05, 3.63) is 65.2 Å². The molecule has 0 aliphatic rings. The number of ether oxygens (including phenoxy) is 1. The molecule has 0 radical (unpaired) electrons. The fraction of sp³-hybridized carbons (Fsp3) is 0.364. The van der Waals surface area contributed by atoms with Crippen LogP contribution in [0.25, 0.3) is 0 Å². The third-order valence-corrected chi connectivity index (χ3v) is 4.88. The molecule has 5 heteroatoms. The molecule has 0 aromatic heterocycles. The van der Waals surface area contributed by atoms with Gasteiger partial charge < -0.3 is 15.4 Å². The zero-order valence-electron chi connectivity index (χ0n) is 16.6. The van der Waals surface area contributed by atoms with Gasteiger partial charge in [-0.1, -0.05) is 50.2 Å². The van der Waals surface area contributed by atoms with Crippen molar-refractivity contribution in [3.63, 3.8) is 0 Å². The van der Waals surface area contributed by atoms with Crippen molar-refractivity contribution in [1.82, 2.24) is 5.32 Å². The SMILES string of the molecule is COC(=O)c1ccc(C)c(NC(=S)NC(C)CC(C)(C)c2ccccc2)c1. The molecule has 2 rings (SSSR count). The smallest absolute Gasteiger partial charge is 0.337 e. The van der Waals surface area contributed by atoms with Gasteiger partial charge in [-0.15, -0.1) is 0 Å². The average molecular weight is 385 g/mol. The Balaban J connectivity index is 2.00. The summed E-state index contributed by atoms with van der Waals surface area (Å²) in [7, 11) is 1.37. The first-order valence-corrected chi connectivity index (χ1v) is 9.46. The zero-order chi connectivity index (χ0) is 20.0. The fourth-order valence-electron chi connectivity index (χ4n) is 3.21. The van der Waals surface area contributed by atoms with E-state index < -0.39 is 0 Å². The van der Waals surface area contributed by atoms with E-state index in [0.717, 1.165) is 17.7 Å². The molecule has 1 atom stereocenters. The molecule has 0 aliphatic heterocycles. The second kappa shape index (κ2) is 9.00. The summed E-state index contributed by atoms with van der Waals surface area (Å²) in [6.07, 6.45) is 0.931. The lowest BCUT2D eigenvalue weighted by Gasteiger charge is -2.30. The summed E-state index contributed by atoms with van der Waals surface area (Å²) in [5, 5.41) is 7.09. The number of esters is 1. The second-order valence-corrected chi connectivity index (χ2v) is 7.88. The normalized spacial score (nSPS) is 12.2. The Morgan fingerprint density at radius 2 is 1.85 bits per heavy atom. The maximum absolute atomic E-state index is 11.7. The van der Waals surface area contributed by atoms with Crippen molar-refractivity contribution in [2.24, 2.45) is 0 Å². The molecular formula is C22H28N2O2S. The number of thiocarbonyl (C=S) groups is 1. The molecule has 0 saturated heterocycles. The van der Waals surface area contributed by atoms with Crippen LogP contribution in [0.2, 0.25) is 0 Å². The van der Waals surface area contributed by atoms with E-state index >= 15 is 0 Å². The summed E-state index contributed by atoms with van der Waals surface area (Å²) in [5.74, 6) is -0.366. The van der Waals surface area contributed by atoms with E-state index in [0.29, 0.717) is 10.7 Å². The van der Waals surface area contributed by atoms with Crippen LogP contribution >= 0.6 is 12.2 Å². The van der Waals surface area contributed by atoms with Crippen molar-refractivity contribution < 1.29 is 9.53 Å². The summed E-state index contributed by atoms with van der Waals surface area (Å²) >= 11 is 5.48. The van der Waals surface area contributed by atoms with Gasteiger partial charge in [0.15, 0.2) is 5.11 Å². The van der Waals surface area contributed by atoms with Gasteiger partial charge in [0.25, 0.3) is 0 Å². The van der Waals surface area contributed by atoms with Crippen LogP contribution in [0.1, 0.15) is 48.7 Å². The number of carbonyl (C=O) groups is 1. The number of anilines is 1. The lowest BCUT2D eigenvalue weighted by Crippen LogP contribution is -2.39. The van der Waals surface area contributed by atoms with Crippen LogP contribution in [-0.2, 0) is 10.2 Å². The standard InChI is InChI=1S/C22H28N2O2S/c1-15-11-12-17(20(25)26-5)13-19(15)24-21(27)23-16(2)14-22(3,4)18-9-7-6-8-10-18/h6-13,16H,14H2,1-5H3,(H2,23,24,27). The van der Waals surface area contributed by atoms with Crippen molar-refractivity contribution in [3.8, 4) is 0 Å². The maximum Gasteiger partial charge on any atom is 0.337 e. The summed E-state index contributed by atoms with van der Waals surface area (Å²) in [5.41, 5.74) is 3.63. The number of nitrogens with one attached hydrogen (secondary N) is 2. The molecule has 1 unspecified atom stereocenters. The average Bonchev–Trinajstić information content (AvgIpc) is 2.63. The molecule has 2 aromatic rings. The van der Waals surface area contributed by atoms with Crippen LogP contribution in [0.3, 0.4) is 0 Å². The van der Waals surface area contributed by atoms with Crippen LogP contribution in [0.5, 0.6) is 0 Å². The van der Waals surface area contributed by atoms with Crippen molar-refractivity contribution in [2.45, 2.75) is 45.6 Å². The van der Waals surface area contributed by atoms with Gasteiger partial charge in [0.1, 0.15) is 0 Å². The molecule has 0 spiro atoms. The predicted molar refractivity (Wildman–Crippen MR) is 115 cm³/mol. The van der Waals surface area contributed by atoms with Crippen molar-refractivity contribution in [2.75, 3.05) is 12.4 Å². The van der Waals surface area contributed by atoms with E-state index in [1.165, 1.54) is 12.7 Å². The highest BCUT2D eigenvalue weighted by Gasteiger charge is 2.23. The zero-order valence-corrected chi connectivity index (χ0v) is 17.4. The van der Waals surface area contributed by atoms with Crippen molar-refractivity contribution in [1.29, 1.82) is 0 Å². The lowest BCUT2D eigenvalue weighted by atomic mass is 9.79. The van der Waals surface area contributed by atoms with Crippen LogP contribution < -0.4 is 10.6 Å². The van der Waals surface area contributed by atoms with Gasteiger partial charge in [-0.3, -0.25) is 0 Å². The van der Waals surface area contributed by atoms with Gasteiger partial charge in [0, 0.05) is 11.7 Å². The molecule has 0 saturated carbocycles. The lowest BCUT2D eigenvalue weighted by molar-refractivity contribution is 0.0601. The molecule has 0 aliphatic carbocycles. The Morgan fingerprint density at radius 3 is 2.48 bits per heavy atom. The maximum atomic E-state index is 11.7. The topological polar surface area (TPSA) is 50.4 Å². The molecule has 144 valence electrons. The van der Waals surface area contributed by atoms with Crippen LogP contribution in [0.4, 0.5) is 5.69 Å². The predicted octanol–water partition coefficient (Wildman–Crippen LogP) is 4.82. The van der Waals surface area contributed by atoms with E-state index in [1.807, 2.05) is 19.1 Å². The Hall–Kier alpha value is -2.40. The molecule has 0 fully saturated rings. The molecule has 2 N–H and O–H groups in total. The fourth-order valence-corrected chi connectivity index (χ4v) is 3.52. The highest BCUT2D eigenvalue weighted by Crippen LogP contribution is 2.28. The summed E-state index contributed by atoms with van der Waals surface area (Å²) < 4.78 is 4.78. The minimum Gasteiger partial charge on any atom is -0.465 e. The van der Waals surface area contributed by atoms with E-state index in [2.05, 4.69) is 55.7 Å². The van der Waals surface area contributed by atoms with E-state index in [1.54, 1.807) is 12.1 Å². The molecule has 0 bridgehead atoms. The van der Waals surface area contributed by atoms with Gasteiger partial charge in [-0.05, 0) is 61.2 Å². The van der Waals surface area contributed by atoms with Gasteiger partial charge in [0.2, 0.25) is 0 Å². The van der Waals surface area contributed by atoms with Gasteiger partial charge >= 0.3 is 5.97 Å². The first kappa shape index (κ1) is 20.9. The molecule has 2 aromatic carbocycles. The van der Waals surface area contributed by atoms with Crippen LogP contribution in [0.15, 0.2) is 48.5 Å². The van der Waals surface area contributed by atoms with Gasteiger partial charge in [0.05, 0.1) is 12.7 Å². The largest absolute Gasteiger partial charge is 0.465 e.